The van der Waals surface area contributed by atoms with E-state index in [1.165, 1.54) is 17.1 Å². The van der Waals surface area contributed by atoms with Crippen LogP contribution in [0.5, 0.6) is 0 Å². The second-order valence-corrected chi connectivity index (χ2v) is 8.50. The zero-order valence-electron chi connectivity index (χ0n) is 17.9. The van der Waals surface area contributed by atoms with Crippen LogP contribution < -0.4 is 5.56 Å². The number of nitrogens with one attached hydrogen (secondary N) is 2. The Morgan fingerprint density at radius 3 is 2.86 bits per heavy atom. The molecule has 0 spiro atoms. The number of hydrogen-bond donors (Lipinski definition) is 3. The van der Waals surface area contributed by atoms with Gasteiger partial charge >= 0.3 is 5.97 Å². The average Bonchev–Trinajstić information content (AvgIpc) is 3.64. The monoisotopic (exact) mass is 489 g/mol. The van der Waals surface area contributed by atoms with Gasteiger partial charge in [-0.3, -0.25) is 9.89 Å². The summed E-state index contributed by atoms with van der Waals surface area (Å²) < 4.78 is 3.25. The van der Waals surface area contributed by atoms with Gasteiger partial charge in [-0.05, 0) is 53.1 Å². The molecular weight excluding hydrogens is 474 g/mol. The van der Waals surface area contributed by atoms with Gasteiger partial charge < -0.3 is 14.7 Å². The topological polar surface area (TPSA) is 160 Å². The molecule has 1 aliphatic heterocycles. The number of aromatic carboxylic acids is 1. The van der Waals surface area contributed by atoms with Crippen LogP contribution in [0.3, 0.4) is 0 Å². The Labute approximate surface area is 201 Å². The lowest BCUT2D eigenvalue weighted by Crippen LogP contribution is -2.23. The Kier molecular flexibility index (Phi) is 4.81. The third-order valence-corrected chi connectivity index (χ3v) is 6.23. The third kappa shape index (κ3) is 3.60. The maximum absolute atomic E-state index is 13.3. The summed E-state index contributed by atoms with van der Waals surface area (Å²) in [5, 5.41) is 27.5. The van der Waals surface area contributed by atoms with Crippen LogP contribution in [0.15, 0.2) is 53.7 Å². The fraction of sp³-hybridized carbons (Fsp3) is 0.136. The molecular formula is C22H16ClN9O3. The largest absolute Gasteiger partial charge is 0.477 e. The van der Waals surface area contributed by atoms with Crippen LogP contribution >= 0.6 is 11.6 Å². The van der Waals surface area contributed by atoms with Gasteiger partial charge in [-0.25, -0.2) is 9.78 Å². The Bertz CT molecular complexity index is 1630. The van der Waals surface area contributed by atoms with Crippen molar-refractivity contribution < 1.29 is 9.90 Å². The van der Waals surface area contributed by atoms with E-state index in [4.69, 9.17) is 16.7 Å². The molecule has 5 heterocycles. The fourth-order valence-corrected chi connectivity index (χ4v) is 4.60. The first kappa shape index (κ1) is 21.0. The van der Waals surface area contributed by atoms with E-state index in [0.717, 1.165) is 11.3 Å². The van der Waals surface area contributed by atoms with Crippen molar-refractivity contribution in [1.29, 1.82) is 0 Å². The summed E-state index contributed by atoms with van der Waals surface area (Å²) in [5.41, 5.74) is 3.82. The maximum atomic E-state index is 13.3. The number of aromatic amines is 2. The first-order valence-corrected chi connectivity index (χ1v) is 11.0. The van der Waals surface area contributed by atoms with Crippen LogP contribution in [-0.4, -0.2) is 56.0 Å². The minimum Gasteiger partial charge on any atom is -0.477 e. The average molecular weight is 490 g/mol. The molecule has 12 nitrogen and oxygen atoms in total. The van der Waals surface area contributed by atoms with Gasteiger partial charge in [0.05, 0.1) is 23.6 Å². The molecule has 0 radical (unpaired) electrons. The van der Waals surface area contributed by atoms with E-state index in [2.05, 4.69) is 35.7 Å². The molecule has 13 heteroatoms. The number of fused-ring (bicyclic) bond motifs is 1. The predicted octanol–water partition coefficient (Wildman–Crippen LogP) is 2.49. The van der Waals surface area contributed by atoms with Crippen LogP contribution in [0.4, 0.5) is 0 Å². The van der Waals surface area contributed by atoms with E-state index in [1.54, 1.807) is 35.0 Å². The minimum absolute atomic E-state index is 0.0202. The Morgan fingerprint density at radius 1 is 1.20 bits per heavy atom. The standard InChI is InChI=1S/C22H16ClN9O3/c23-12-1-3-18(31-10-25-29-30-31)14(7-12)11-5-13-2-4-19(32(13)20(33)6-11)21-24-9-17(26-21)15-8-16(22(34)35)28-27-15/h1,3,5-10,19H,2,4H2,(H,24,26)(H,27,28)(H,34,35)/t19-/m0/s1. The molecule has 5 aromatic rings. The second-order valence-electron chi connectivity index (χ2n) is 8.07. The molecule has 6 rings (SSSR count). The number of halogens is 1. The number of aryl methyl sites for hydroxylation is 1. The minimum atomic E-state index is -1.10. The van der Waals surface area contributed by atoms with Crippen molar-refractivity contribution in [3.8, 4) is 28.2 Å². The van der Waals surface area contributed by atoms with Crippen LogP contribution in [0.1, 0.15) is 34.5 Å². The van der Waals surface area contributed by atoms with Crippen LogP contribution in [0.2, 0.25) is 5.02 Å². The molecule has 174 valence electrons. The molecule has 0 fully saturated rings. The number of carboxylic acid groups (broad SMARTS) is 1. The van der Waals surface area contributed by atoms with Gasteiger partial charge in [0, 0.05) is 28.4 Å². The van der Waals surface area contributed by atoms with Gasteiger partial charge in [-0.2, -0.15) is 9.78 Å². The number of nitrogens with zero attached hydrogens (tertiary/aromatic N) is 7. The van der Waals surface area contributed by atoms with Crippen molar-refractivity contribution >= 4 is 17.6 Å². The fourth-order valence-electron chi connectivity index (χ4n) is 4.43. The van der Waals surface area contributed by atoms with Gasteiger partial charge in [0.25, 0.3) is 5.56 Å². The van der Waals surface area contributed by atoms with Crippen molar-refractivity contribution in [2.45, 2.75) is 18.9 Å². The summed E-state index contributed by atoms with van der Waals surface area (Å²) >= 11 is 6.26. The quantitative estimate of drug-likeness (QED) is 0.339. The third-order valence-electron chi connectivity index (χ3n) is 5.99. The number of aromatic nitrogens is 9. The summed E-state index contributed by atoms with van der Waals surface area (Å²) in [6.45, 7) is 0. The van der Waals surface area contributed by atoms with Crippen LogP contribution in [0, 0.1) is 0 Å². The number of hydrogen-bond acceptors (Lipinski definition) is 7. The Balaban J connectivity index is 1.37. The highest BCUT2D eigenvalue weighted by Gasteiger charge is 2.28. The SMILES string of the molecule is O=C(O)c1cc(-c2cnc([C@@H]3CCc4cc(-c5cc(Cl)ccc5-n5cnnn5)cc(=O)n43)[nH]2)n[nH]1. The van der Waals surface area contributed by atoms with E-state index in [0.29, 0.717) is 46.3 Å². The number of benzene rings is 1. The zero-order chi connectivity index (χ0) is 24.1. The number of pyridine rings is 1. The molecule has 3 N–H and O–H groups in total. The van der Waals surface area contributed by atoms with Crippen molar-refractivity contribution in [1.82, 2.24) is 44.9 Å². The molecule has 4 aromatic heterocycles. The lowest BCUT2D eigenvalue weighted by molar-refractivity contribution is 0.0690. The second kappa shape index (κ2) is 8.02. The predicted molar refractivity (Wildman–Crippen MR) is 123 cm³/mol. The number of H-pyrrole nitrogens is 2. The highest BCUT2D eigenvalue weighted by Crippen LogP contribution is 2.34. The molecule has 0 aliphatic carbocycles. The van der Waals surface area contributed by atoms with Gasteiger partial charge in [0.2, 0.25) is 0 Å². The molecule has 1 aliphatic rings. The molecule has 0 unspecified atom stereocenters. The first-order chi connectivity index (χ1) is 17.0. The molecule has 1 atom stereocenters. The molecule has 0 amide bonds. The summed E-state index contributed by atoms with van der Waals surface area (Å²) in [6, 6.07) is 10.0. The van der Waals surface area contributed by atoms with Crippen molar-refractivity contribution in [2.75, 3.05) is 0 Å². The summed E-state index contributed by atoms with van der Waals surface area (Å²) in [7, 11) is 0. The molecule has 1 aromatic carbocycles. The van der Waals surface area contributed by atoms with E-state index in [1.807, 2.05) is 6.07 Å². The molecule has 0 saturated heterocycles. The smallest absolute Gasteiger partial charge is 0.353 e. The van der Waals surface area contributed by atoms with Crippen molar-refractivity contribution in [3.63, 3.8) is 0 Å². The maximum Gasteiger partial charge on any atom is 0.353 e. The lowest BCUT2D eigenvalue weighted by Gasteiger charge is -2.15. The van der Waals surface area contributed by atoms with Crippen molar-refractivity contribution in [2.24, 2.45) is 0 Å². The lowest BCUT2D eigenvalue weighted by atomic mass is 10.0. The normalized spacial score (nSPS) is 14.8. The highest BCUT2D eigenvalue weighted by molar-refractivity contribution is 6.31. The van der Waals surface area contributed by atoms with E-state index in [-0.39, 0.29) is 17.3 Å². The highest BCUT2D eigenvalue weighted by atomic mass is 35.5. The number of carboxylic acids is 1. The van der Waals surface area contributed by atoms with E-state index < -0.39 is 5.97 Å². The van der Waals surface area contributed by atoms with Gasteiger partial charge in [-0.1, -0.05) is 11.6 Å². The molecule has 0 bridgehead atoms. The van der Waals surface area contributed by atoms with Crippen LogP contribution in [-0.2, 0) is 6.42 Å². The number of imidazole rings is 1. The molecule has 0 saturated carbocycles. The van der Waals surface area contributed by atoms with E-state index >= 15 is 0 Å². The Hall–Kier alpha value is -4.58. The molecule has 35 heavy (non-hydrogen) atoms. The van der Waals surface area contributed by atoms with Crippen molar-refractivity contribution in [3.05, 3.63) is 81.5 Å². The van der Waals surface area contributed by atoms with Gasteiger partial charge in [-0.15, -0.1) is 5.10 Å². The number of rotatable bonds is 5. The van der Waals surface area contributed by atoms with Gasteiger partial charge in [0.15, 0.2) is 0 Å². The summed E-state index contributed by atoms with van der Waals surface area (Å²) in [5.74, 6) is -0.496. The number of tetrazole rings is 1. The van der Waals surface area contributed by atoms with Gasteiger partial charge in [0.1, 0.15) is 23.5 Å². The number of carbonyl (C=O) groups is 1. The summed E-state index contributed by atoms with van der Waals surface area (Å²) in [6.07, 6.45) is 4.42. The van der Waals surface area contributed by atoms with E-state index in [9.17, 15) is 9.59 Å². The van der Waals surface area contributed by atoms with Crippen LogP contribution in [0.25, 0.3) is 28.2 Å². The summed E-state index contributed by atoms with van der Waals surface area (Å²) in [4.78, 5) is 32.0. The Morgan fingerprint density at radius 2 is 2.09 bits per heavy atom. The first-order valence-electron chi connectivity index (χ1n) is 10.6. The zero-order valence-corrected chi connectivity index (χ0v) is 18.6.